The number of likely N-dealkylation sites (tertiary alicyclic amines) is 1. The number of carbonyl (C=O) groups excluding carboxylic acids is 1. The molecule has 1 heterocycles. The van der Waals surface area contributed by atoms with E-state index in [9.17, 15) is 9.59 Å². The topological polar surface area (TPSA) is 69.6 Å². The van der Waals surface area contributed by atoms with Gasteiger partial charge in [-0.05, 0) is 44.9 Å². The number of rotatable bonds is 2. The maximum absolute atomic E-state index is 12.3. The van der Waals surface area contributed by atoms with Gasteiger partial charge < -0.3 is 15.3 Å². The molecule has 2 N–H and O–H groups in total. The Kier molecular flexibility index (Phi) is 3.90. The second kappa shape index (κ2) is 5.32. The molecule has 1 aliphatic heterocycles. The summed E-state index contributed by atoms with van der Waals surface area (Å²) in [5, 5.41) is 12.2. The summed E-state index contributed by atoms with van der Waals surface area (Å²) < 4.78 is 0. The summed E-state index contributed by atoms with van der Waals surface area (Å²) in [6, 6.07) is 4.03. The lowest BCUT2D eigenvalue weighted by Gasteiger charge is -2.31. The van der Waals surface area contributed by atoms with E-state index in [2.05, 4.69) is 5.32 Å². The number of urea groups is 1. The molecule has 0 saturated carbocycles. The minimum Gasteiger partial charge on any atom is -0.478 e. The van der Waals surface area contributed by atoms with Crippen LogP contribution in [0, 0.1) is 0 Å². The molecule has 2 rings (SSSR count). The van der Waals surface area contributed by atoms with Crippen molar-refractivity contribution in [3.63, 3.8) is 0 Å². The number of nitrogens with one attached hydrogen (secondary N) is 1. The number of hydrogen-bond acceptors (Lipinski definition) is 2. The molecule has 108 valence electrons. The third-order valence-corrected chi connectivity index (χ3v) is 3.83. The second-order valence-electron chi connectivity index (χ2n) is 5.49. The minimum absolute atomic E-state index is 0.0275. The van der Waals surface area contributed by atoms with Crippen LogP contribution in [0.15, 0.2) is 18.2 Å². The number of carbonyl (C=O) groups is 2. The monoisotopic (exact) mass is 296 g/mol. The minimum atomic E-state index is -1.10. The van der Waals surface area contributed by atoms with Crippen molar-refractivity contribution in [1.82, 2.24) is 4.90 Å². The Bertz CT molecular complexity index is 557. The molecule has 20 heavy (non-hydrogen) atoms. The predicted molar refractivity (Wildman–Crippen MR) is 77.4 cm³/mol. The van der Waals surface area contributed by atoms with Crippen molar-refractivity contribution in [1.29, 1.82) is 0 Å². The average molecular weight is 297 g/mol. The van der Waals surface area contributed by atoms with Crippen LogP contribution in [0.4, 0.5) is 10.5 Å². The van der Waals surface area contributed by atoms with Crippen molar-refractivity contribution in [3.8, 4) is 0 Å². The molecule has 2 amide bonds. The highest BCUT2D eigenvalue weighted by Crippen LogP contribution is 2.29. The van der Waals surface area contributed by atoms with Gasteiger partial charge in [-0.25, -0.2) is 9.59 Å². The summed E-state index contributed by atoms with van der Waals surface area (Å²) in [6.45, 7) is 4.66. The van der Waals surface area contributed by atoms with Gasteiger partial charge in [0.15, 0.2) is 0 Å². The molecular weight excluding hydrogens is 280 g/mol. The van der Waals surface area contributed by atoms with E-state index in [1.54, 1.807) is 4.90 Å². The Morgan fingerprint density at radius 3 is 2.65 bits per heavy atom. The van der Waals surface area contributed by atoms with Crippen LogP contribution in [0.5, 0.6) is 0 Å². The van der Waals surface area contributed by atoms with E-state index in [-0.39, 0.29) is 22.8 Å². The maximum atomic E-state index is 12.3. The van der Waals surface area contributed by atoms with Gasteiger partial charge in [0, 0.05) is 17.1 Å². The molecule has 0 radical (unpaired) electrons. The Morgan fingerprint density at radius 1 is 1.40 bits per heavy atom. The summed E-state index contributed by atoms with van der Waals surface area (Å²) in [4.78, 5) is 25.2. The van der Waals surface area contributed by atoms with Gasteiger partial charge in [-0.1, -0.05) is 11.6 Å². The van der Waals surface area contributed by atoms with Gasteiger partial charge in [0.25, 0.3) is 0 Å². The van der Waals surface area contributed by atoms with E-state index in [0.717, 1.165) is 12.8 Å². The van der Waals surface area contributed by atoms with E-state index < -0.39 is 5.97 Å². The van der Waals surface area contributed by atoms with Crippen molar-refractivity contribution in [2.24, 2.45) is 0 Å². The first-order chi connectivity index (χ1) is 9.31. The highest BCUT2D eigenvalue weighted by Gasteiger charge is 2.35. The van der Waals surface area contributed by atoms with Gasteiger partial charge in [0.2, 0.25) is 0 Å². The maximum Gasteiger partial charge on any atom is 0.337 e. The van der Waals surface area contributed by atoms with Crippen LogP contribution in [-0.4, -0.2) is 34.1 Å². The molecule has 1 aliphatic rings. The van der Waals surface area contributed by atoms with Crippen LogP contribution >= 0.6 is 11.6 Å². The SMILES string of the molecule is CC1(C)CCCN1C(=O)Nc1cc(Cl)ccc1C(=O)O. The van der Waals surface area contributed by atoms with Crippen LogP contribution in [0.2, 0.25) is 5.02 Å². The molecule has 0 atom stereocenters. The number of nitrogens with zero attached hydrogens (tertiary/aromatic N) is 1. The quantitative estimate of drug-likeness (QED) is 0.878. The number of aromatic carboxylic acids is 1. The lowest BCUT2D eigenvalue weighted by molar-refractivity contribution is 0.0698. The Hall–Kier alpha value is -1.75. The number of amides is 2. The molecule has 1 fully saturated rings. The Morgan fingerprint density at radius 2 is 2.10 bits per heavy atom. The third-order valence-electron chi connectivity index (χ3n) is 3.60. The smallest absolute Gasteiger partial charge is 0.337 e. The van der Waals surface area contributed by atoms with Crippen LogP contribution in [0.25, 0.3) is 0 Å². The molecule has 0 aliphatic carbocycles. The molecular formula is C14H17ClN2O3. The number of carboxylic acids is 1. The van der Waals surface area contributed by atoms with E-state index >= 15 is 0 Å². The molecule has 1 saturated heterocycles. The zero-order valence-corrected chi connectivity index (χ0v) is 12.2. The fourth-order valence-corrected chi connectivity index (χ4v) is 2.65. The van der Waals surface area contributed by atoms with E-state index in [4.69, 9.17) is 16.7 Å². The zero-order chi connectivity index (χ0) is 14.9. The fourth-order valence-electron chi connectivity index (χ4n) is 2.47. The van der Waals surface area contributed by atoms with Gasteiger partial charge in [-0.15, -0.1) is 0 Å². The number of hydrogen-bond donors (Lipinski definition) is 2. The van der Waals surface area contributed by atoms with E-state index in [0.29, 0.717) is 11.6 Å². The average Bonchev–Trinajstić information content (AvgIpc) is 2.68. The second-order valence-corrected chi connectivity index (χ2v) is 5.93. The number of anilines is 1. The third kappa shape index (κ3) is 2.88. The molecule has 1 aromatic carbocycles. The van der Waals surface area contributed by atoms with Crippen LogP contribution in [0.1, 0.15) is 37.0 Å². The molecule has 0 bridgehead atoms. The summed E-state index contributed by atoms with van der Waals surface area (Å²) >= 11 is 5.86. The number of halogens is 1. The predicted octanol–water partition coefficient (Wildman–Crippen LogP) is 3.44. The van der Waals surface area contributed by atoms with Crippen molar-refractivity contribution >= 4 is 29.3 Å². The van der Waals surface area contributed by atoms with E-state index in [1.165, 1.54) is 18.2 Å². The van der Waals surface area contributed by atoms with Crippen LogP contribution in [0.3, 0.4) is 0 Å². The highest BCUT2D eigenvalue weighted by atomic mass is 35.5. The lowest BCUT2D eigenvalue weighted by Crippen LogP contribution is -2.45. The zero-order valence-electron chi connectivity index (χ0n) is 11.4. The van der Waals surface area contributed by atoms with Gasteiger partial charge in [-0.2, -0.15) is 0 Å². The largest absolute Gasteiger partial charge is 0.478 e. The van der Waals surface area contributed by atoms with Gasteiger partial charge >= 0.3 is 12.0 Å². The van der Waals surface area contributed by atoms with Crippen LogP contribution < -0.4 is 5.32 Å². The number of carboxylic acid groups (broad SMARTS) is 1. The first-order valence-corrected chi connectivity index (χ1v) is 6.80. The fraction of sp³-hybridized carbons (Fsp3) is 0.429. The molecule has 5 nitrogen and oxygen atoms in total. The highest BCUT2D eigenvalue weighted by molar-refractivity contribution is 6.31. The normalized spacial score (nSPS) is 17.1. The summed E-state index contributed by atoms with van der Waals surface area (Å²) in [6.07, 6.45) is 1.88. The van der Waals surface area contributed by atoms with Crippen molar-refractivity contribution in [3.05, 3.63) is 28.8 Å². The van der Waals surface area contributed by atoms with Gasteiger partial charge in [-0.3, -0.25) is 0 Å². The standard InChI is InChI=1S/C14H17ClN2O3/c1-14(2)6-3-7-17(14)13(20)16-11-8-9(15)4-5-10(11)12(18)19/h4-5,8H,3,6-7H2,1-2H3,(H,16,20)(H,18,19). The Labute approximate surface area is 122 Å². The van der Waals surface area contributed by atoms with Gasteiger partial charge in [0.05, 0.1) is 11.3 Å². The molecule has 6 heteroatoms. The van der Waals surface area contributed by atoms with E-state index in [1.807, 2.05) is 13.8 Å². The summed E-state index contributed by atoms with van der Waals surface area (Å²) in [5.41, 5.74) is 0.0314. The molecule has 0 aromatic heterocycles. The molecule has 1 aromatic rings. The van der Waals surface area contributed by atoms with Gasteiger partial charge in [0.1, 0.15) is 0 Å². The van der Waals surface area contributed by atoms with Crippen LogP contribution in [-0.2, 0) is 0 Å². The summed E-state index contributed by atoms with van der Waals surface area (Å²) in [7, 11) is 0. The van der Waals surface area contributed by atoms with Crippen molar-refractivity contribution in [2.45, 2.75) is 32.2 Å². The Balaban J connectivity index is 2.24. The van der Waals surface area contributed by atoms with Crippen molar-refractivity contribution < 1.29 is 14.7 Å². The summed E-state index contributed by atoms with van der Waals surface area (Å²) in [5.74, 6) is -1.10. The molecule has 0 spiro atoms. The van der Waals surface area contributed by atoms with Crippen molar-refractivity contribution in [2.75, 3.05) is 11.9 Å². The lowest BCUT2D eigenvalue weighted by atomic mass is 10.0. The number of benzene rings is 1. The molecule has 0 unspecified atom stereocenters. The first-order valence-electron chi connectivity index (χ1n) is 6.43. The first kappa shape index (κ1) is 14.7.